The molecule has 1 aliphatic heterocycles. The minimum atomic E-state index is 0.0167. The molecule has 3 aromatic rings. The second-order valence-corrected chi connectivity index (χ2v) is 8.58. The van der Waals surface area contributed by atoms with Crippen LogP contribution in [0.25, 0.3) is 11.2 Å². The lowest BCUT2D eigenvalue weighted by Crippen LogP contribution is -2.33. The highest BCUT2D eigenvalue weighted by molar-refractivity contribution is 5.96. The first-order chi connectivity index (χ1) is 14.3. The van der Waals surface area contributed by atoms with Crippen LogP contribution in [-0.4, -0.2) is 53.2 Å². The van der Waals surface area contributed by atoms with E-state index in [0.29, 0.717) is 37.2 Å². The van der Waals surface area contributed by atoms with E-state index in [2.05, 4.69) is 19.6 Å². The Hall–Kier alpha value is -2.77. The third-order valence-corrected chi connectivity index (χ3v) is 6.56. The first kappa shape index (κ1) is 17.1. The fourth-order valence-corrected chi connectivity index (χ4v) is 4.71. The molecule has 0 bridgehead atoms. The molecule has 2 fully saturated rings. The normalized spacial score (nSPS) is 20.2. The molecule has 2 saturated carbocycles. The molecule has 150 valence electrons. The van der Waals surface area contributed by atoms with E-state index in [4.69, 9.17) is 4.98 Å². The van der Waals surface area contributed by atoms with E-state index in [1.165, 1.54) is 38.5 Å². The lowest BCUT2D eigenvalue weighted by molar-refractivity contribution is 0.0758. The monoisotopic (exact) mass is 391 g/mol. The van der Waals surface area contributed by atoms with E-state index >= 15 is 0 Å². The van der Waals surface area contributed by atoms with Gasteiger partial charge in [0.2, 0.25) is 0 Å². The smallest absolute Gasteiger partial charge is 0.255 e. The zero-order chi connectivity index (χ0) is 19.4. The number of rotatable bonds is 3. The summed E-state index contributed by atoms with van der Waals surface area (Å²) in [6, 6.07) is 2.39. The Labute approximate surface area is 169 Å². The van der Waals surface area contributed by atoms with Gasteiger partial charge in [0.1, 0.15) is 11.3 Å². The summed E-state index contributed by atoms with van der Waals surface area (Å²) in [5.74, 6) is 2.58. The van der Waals surface area contributed by atoms with Crippen molar-refractivity contribution in [2.45, 2.75) is 63.5 Å². The van der Waals surface area contributed by atoms with Crippen LogP contribution in [0, 0.1) is 0 Å². The van der Waals surface area contributed by atoms with Crippen molar-refractivity contribution in [3.05, 3.63) is 35.8 Å². The quantitative estimate of drug-likeness (QED) is 0.686. The Kier molecular flexibility index (Phi) is 3.92. The van der Waals surface area contributed by atoms with Crippen molar-refractivity contribution >= 4 is 17.1 Å². The van der Waals surface area contributed by atoms with Crippen molar-refractivity contribution in [3.8, 4) is 0 Å². The van der Waals surface area contributed by atoms with Crippen LogP contribution in [0.5, 0.6) is 0 Å². The van der Waals surface area contributed by atoms with Crippen molar-refractivity contribution in [3.63, 3.8) is 0 Å². The Morgan fingerprint density at radius 3 is 2.72 bits per heavy atom. The second kappa shape index (κ2) is 6.64. The van der Waals surface area contributed by atoms with Crippen molar-refractivity contribution in [1.82, 2.24) is 34.2 Å². The van der Waals surface area contributed by atoms with E-state index in [0.717, 1.165) is 29.2 Å². The maximum atomic E-state index is 13.1. The average molecular weight is 391 g/mol. The fourth-order valence-electron chi connectivity index (χ4n) is 4.71. The molecule has 6 rings (SSSR count). The van der Waals surface area contributed by atoms with Gasteiger partial charge in [-0.05, 0) is 31.7 Å². The first-order valence-corrected chi connectivity index (χ1v) is 10.8. The summed E-state index contributed by atoms with van der Waals surface area (Å²) < 4.78 is 4.18. The van der Waals surface area contributed by atoms with E-state index in [-0.39, 0.29) is 5.91 Å². The summed E-state index contributed by atoms with van der Waals surface area (Å²) in [4.78, 5) is 28.9. The van der Waals surface area contributed by atoms with Gasteiger partial charge in [-0.3, -0.25) is 4.79 Å². The van der Waals surface area contributed by atoms with Gasteiger partial charge in [0.05, 0.1) is 18.4 Å². The highest BCUT2D eigenvalue weighted by Gasteiger charge is 2.30. The van der Waals surface area contributed by atoms with Crippen LogP contribution < -0.4 is 0 Å². The van der Waals surface area contributed by atoms with Crippen LogP contribution in [-0.2, 0) is 13.0 Å². The molecular weight excluding hydrogens is 366 g/mol. The number of nitrogens with zero attached hydrogens (tertiary/aromatic N) is 7. The summed E-state index contributed by atoms with van der Waals surface area (Å²) in [7, 11) is 0. The van der Waals surface area contributed by atoms with Gasteiger partial charge in [-0.1, -0.05) is 12.8 Å². The highest BCUT2D eigenvalue weighted by atomic mass is 16.2. The summed E-state index contributed by atoms with van der Waals surface area (Å²) in [5, 5.41) is 4.66. The summed E-state index contributed by atoms with van der Waals surface area (Å²) in [6.45, 7) is 2.01. The molecule has 4 heterocycles. The summed E-state index contributed by atoms with van der Waals surface area (Å²) >= 11 is 0. The lowest BCUT2D eigenvalue weighted by atomic mass is 10.2. The van der Waals surface area contributed by atoms with Crippen molar-refractivity contribution in [1.29, 1.82) is 0 Å². The number of amides is 1. The van der Waals surface area contributed by atoms with E-state index in [9.17, 15) is 4.79 Å². The lowest BCUT2D eigenvalue weighted by Gasteiger charge is -2.20. The highest BCUT2D eigenvalue weighted by Crippen LogP contribution is 2.38. The number of carbonyl (C=O) groups excluding carboxylic acids is 1. The number of pyridine rings is 1. The van der Waals surface area contributed by atoms with Gasteiger partial charge in [-0.25, -0.2) is 19.6 Å². The Morgan fingerprint density at radius 1 is 1.03 bits per heavy atom. The minimum Gasteiger partial charge on any atom is -0.336 e. The van der Waals surface area contributed by atoms with E-state index in [1.54, 1.807) is 6.20 Å². The third kappa shape index (κ3) is 3.01. The molecule has 3 aromatic heterocycles. The van der Waals surface area contributed by atoms with Crippen LogP contribution >= 0.6 is 0 Å². The maximum absolute atomic E-state index is 13.1. The van der Waals surface area contributed by atoms with Gasteiger partial charge in [0.25, 0.3) is 5.91 Å². The topological polar surface area (TPSA) is 81.7 Å². The van der Waals surface area contributed by atoms with Crippen LogP contribution in [0.1, 0.15) is 72.5 Å². The van der Waals surface area contributed by atoms with Gasteiger partial charge >= 0.3 is 0 Å². The molecule has 0 atom stereocenters. The molecule has 0 aromatic carbocycles. The Morgan fingerprint density at radius 2 is 1.90 bits per heavy atom. The van der Waals surface area contributed by atoms with Crippen molar-refractivity contribution in [2.75, 3.05) is 13.1 Å². The zero-order valence-corrected chi connectivity index (χ0v) is 16.5. The fraction of sp³-hybridized carbons (Fsp3) is 0.571. The Balaban J connectivity index is 1.20. The van der Waals surface area contributed by atoms with Gasteiger partial charge in [-0.15, -0.1) is 0 Å². The number of hydrogen-bond donors (Lipinski definition) is 0. The predicted octanol–water partition coefficient (Wildman–Crippen LogP) is 2.71. The molecule has 1 amide bonds. The summed E-state index contributed by atoms with van der Waals surface area (Å²) in [6.07, 6.45) is 11.7. The third-order valence-electron chi connectivity index (χ3n) is 6.56. The van der Waals surface area contributed by atoms with Crippen LogP contribution in [0.15, 0.2) is 18.6 Å². The number of hydrogen-bond acceptors (Lipinski definition) is 5. The molecule has 0 saturated heterocycles. The number of imidazole rings is 1. The largest absolute Gasteiger partial charge is 0.336 e. The maximum Gasteiger partial charge on any atom is 0.255 e. The molecule has 2 aliphatic carbocycles. The van der Waals surface area contributed by atoms with Gasteiger partial charge < -0.3 is 9.47 Å². The molecule has 8 heteroatoms. The number of aromatic nitrogens is 6. The van der Waals surface area contributed by atoms with Crippen LogP contribution in [0.4, 0.5) is 0 Å². The van der Waals surface area contributed by atoms with Gasteiger partial charge in [0, 0.05) is 37.7 Å². The minimum absolute atomic E-state index is 0.0167. The molecular formula is C21H25N7O. The van der Waals surface area contributed by atoms with Crippen molar-refractivity contribution in [2.24, 2.45) is 0 Å². The summed E-state index contributed by atoms with van der Waals surface area (Å²) in [5.41, 5.74) is 2.31. The SMILES string of the molecule is O=C(c1cnc2c(c1)ncn2C1CCCC1)N1CCc2nc(C3CC3)nn2CC1. The molecule has 0 N–H and O–H groups in total. The van der Waals surface area contributed by atoms with E-state index < -0.39 is 0 Å². The standard InChI is InChI=1S/C21H25N7O/c29-21(26-8-7-18-24-19(14-5-6-14)25-28(18)10-9-26)15-11-17-20(22-12-15)27(13-23-17)16-3-1-2-4-16/h11-14,16H,1-10H2. The molecule has 8 nitrogen and oxygen atoms in total. The first-order valence-electron chi connectivity index (χ1n) is 10.8. The van der Waals surface area contributed by atoms with Gasteiger partial charge in [-0.2, -0.15) is 5.10 Å². The zero-order valence-electron chi connectivity index (χ0n) is 16.5. The van der Waals surface area contributed by atoms with Crippen LogP contribution in [0.3, 0.4) is 0 Å². The van der Waals surface area contributed by atoms with Gasteiger partial charge in [0.15, 0.2) is 11.5 Å². The average Bonchev–Trinajstić information content (AvgIpc) is 3.16. The Bertz CT molecular complexity index is 1050. The number of fused-ring (bicyclic) bond motifs is 2. The molecule has 29 heavy (non-hydrogen) atoms. The molecule has 3 aliphatic rings. The molecule has 0 spiro atoms. The second-order valence-electron chi connectivity index (χ2n) is 8.58. The molecule has 0 unspecified atom stereocenters. The predicted molar refractivity (Wildman–Crippen MR) is 107 cm³/mol. The van der Waals surface area contributed by atoms with Crippen LogP contribution in [0.2, 0.25) is 0 Å². The van der Waals surface area contributed by atoms with Crippen molar-refractivity contribution < 1.29 is 4.79 Å². The number of carbonyl (C=O) groups is 1. The van der Waals surface area contributed by atoms with E-state index in [1.807, 2.05) is 22.0 Å². The molecule has 0 radical (unpaired) electrons.